The lowest BCUT2D eigenvalue weighted by atomic mass is 9.83. The number of amides is 2. The molecule has 5 atom stereocenters. The van der Waals surface area contributed by atoms with Gasteiger partial charge < -0.3 is 20.5 Å². The van der Waals surface area contributed by atoms with Crippen molar-refractivity contribution in [1.29, 1.82) is 0 Å². The number of nitrogens with one attached hydrogen (secondary N) is 2. The Balaban J connectivity index is 1.24. The number of carbonyl (C=O) groups is 3. The van der Waals surface area contributed by atoms with Crippen LogP contribution in [0.15, 0.2) is 48.5 Å². The van der Waals surface area contributed by atoms with E-state index < -0.39 is 18.1 Å². The summed E-state index contributed by atoms with van der Waals surface area (Å²) in [6.07, 6.45) is 2.79. The van der Waals surface area contributed by atoms with Gasteiger partial charge in [-0.3, -0.25) is 9.59 Å². The first-order valence-corrected chi connectivity index (χ1v) is 12.6. The molecule has 2 amide bonds. The van der Waals surface area contributed by atoms with Crippen molar-refractivity contribution < 1.29 is 24.2 Å². The van der Waals surface area contributed by atoms with E-state index in [2.05, 4.69) is 34.9 Å². The number of hydrogen-bond acceptors (Lipinski definition) is 4. The highest BCUT2D eigenvalue weighted by molar-refractivity contribution is 5.83. The maximum Gasteiger partial charge on any atom is 0.407 e. The van der Waals surface area contributed by atoms with Crippen LogP contribution in [0.4, 0.5) is 4.79 Å². The van der Waals surface area contributed by atoms with Gasteiger partial charge in [-0.25, -0.2) is 4.79 Å². The Kier molecular flexibility index (Phi) is 6.50. The second-order valence-corrected chi connectivity index (χ2v) is 10.1. The zero-order valence-electron chi connectivity index (χ0n) is 19.9. The van der Waals surface area contributed by atoms with Crippen molar-refractivity contribution in [2.75, 3.05) is 6.61 Å². The first kappa shape index (κ1) is 23.4. The number of fused-ring (bicyclic) bond motifs is 5. The van der Waals surface area contributed by atoms with Gasteiger partial charge in [0.05, 0.1) is 12.3 Å². The topological polar surface area (TPSA) is 105 Å². The number of carbonyl (C=O) groups excluding carboxylic acids is 2. The molecule has 3 aliphatic rings. The summed E-state index contributed by atoms with van der Waals surface area (Å²) in [4.78, 5) is 37.1. The number of hydrogen-bond donors (Lipinski definition) is 3. The number of rotatable bonds is 8. The van der Waals surface area contributed by atoms with Gasteiger partial charge in [-0.15, -0.1) is 0 Å². The minimum Gasteiger partial charge on any atom is -0.481 e. The average Bonchev–Trinajstić information content (AvgIpc) is 3.54. The lowest BCUT2D eigenvalue weighted by molar-refractivity contribution is -0.138. The summed E-state index contributed by atoms with van der Waals surface area (Å²) < 4.78 is 5.73. The molecule has 0 aromatic heterocycles. The summed E-state index contributed by atoms with van der Waals surface area (Å²) in [6.45, 7) is 2.09. The van der Waals surface area contributed by atoms with Gasteiger partial charge in [0.25, 0.3) is 0 Å². The smallest absolute Gasteiger partial charge is 0.407 e. The molecule has 184 valence electrons. The van der Waals surface area contributed by atoms with Crippen LogP contribution in [0.3, 0.4) is 0 Å². The first-order chi connectivity index (χ1) is 17.0. The van der Waals surface area contributed by atoms with E-state index in [1.54, 1.807) is 0 Å². The average molecular weight is 477 g/mol. The maximum absolute atomic E-state index is 13.1. The van der Waals surface area contributed by atoms with Crippen LogP contribution in [0.1, 0.15) is 56.1 Å². The van der Waals surface area contributed by atoms with E-state index in [1.807, 2.05) is 31.2 Å². The number of carboxylic acids is 1. The van der Waals surface area contributed by atoms with Crippen molar-refractivity contribution in [3.8, 4) is 11.1 Å². The van der Waals surface area contributed by atoms with Gasteiger partial charge in [0.2, 0.25) is 5.91 Å². The number of ether oxygens (including phenoxy) is 1. The van der Waals surface area contributed by atoms with Gasteiger partial charge in [-0.1, -0.05) is 55.5 Å². The zero-order chi connectivity index (χ0) is 24.5. The van der Waals surface area contributed by atoms with Crippen molar-refractivity contribution in [3.05, 3.63) is 59.7 Å². The Morgan fingerprint density at radius 1 is 1.00 bits per heavy atom. The third-order valence-corrected chi connectivity index (χ3v) is 8.11. The first-order valence-electron chi connectivity index (χ1n) is 12.6. The fourth-order valence-electron chi connectivity index (χ4n) is 6.46. The molecule has 0 radical (unpaired) electrons. The highest BCUT2D eigenvalue weighted by atomic mass is 16.5. The van der Waals surface area contributed by atoms with Gasteiger partial charge in [0.1, 0.15) is 6.61 Å². The fraction of sp³-hybridized carbons (Fsp3) is 0.464. The molecule has 0 saturated heterocycles. The Bertz CT molecular complexity index is 1090. The Hall–Kier alpha value is -3.35. The summed E-state index contributed by atoms with van der Waals surface area (Å²) in [7, 11) is 0. The molecule has 35 heavy (non-hydrogen) atoms. The molecule has 2 aromatic rings. The van der Waals surface area contributed by atoms with E-state index in [0.29, 0.717) is 6.42 Å². The molecular formula is C28H32N2O5. The quantitative estimate of drug-likeness (QED) is 0.527. The molecule has 4 unspecified atom stereocenters. The van der Waals surface area contributed by atoms with Crippen molar-refractivity contribution in [2.24, 2.45) is 17.8 Å². The van der Waals surface area contributed by atoms with Gasteiger partial charge in [-0.2, -0.15) is 0 Å². The van der Waals surface area contributed by atoms with E-state index >= 15 is 0 Å². The van der Waals surface area contributed by atoms with E-state index in [0.717, 1.165) is 30.4 Å². The van der Waals surface area contributed by atoms with Crippen LogP contribution in [0, 0.1) is 17.8 Å². The maximum atomic E-state index is 13.1. The van der Waals surface area contributed by atoms with Crippen molar-refractivity contribution in [1.82, 2.24) is 10.6 Å². The molecule has 7 heteroatoms. The molecule has 5 rings (SSSR count). The van der Waals surface area contributed by atoms with Crippen LogP contribution < -0.4 is 10.6 Å². The summed E-state index contributed by atoms with van der Waals surface area (Å²) in [6, 6.07) is 15.7. The predicted octanol–water partition coefficient (Wildman–Crippen LogP) is 4.31. The van der Waals surface area contributed by atoms with E-state index in [1.165, 1.54) is 11.1 Å². The predicted molar refractivity (Wildman–Crippen MR) is 131 cm³/mol. The highest BCUT2D eigenvalue weighted by Crippen LogP contribution is 2.49. The number of benzene rings is 2. The van der Waals surface area contributed by atoms with E-state index in [-0.39, 0.29) is 48.6 Å². The minimum absolute atomic E-state index is 0.0198. The number of aliphatic carboxylic acids is 1. The summed E-state index contributed by atoms with van der Waals surface area (Å²) >= 11 is 0. The Labute approximate surface area is 205 Å². The molecule has 2 aromatic carbocycles. The molecule has 3 N–H and O–H groups in total. The second kappa shape index (κ2) is 9.72. The van der Waals surface area contributed by atoms with Crippen LogP contribution in [0.5, 0.6) is 0 Å². The summed E-state index contributed by atoms with van der Waals surface area (Å²) in [5.41, 5.74) is 4.66. The third-order valence-electron chi connectivity index (χ3n) is 8.11. The largest absolute Gasteiger partial charge is 0.481 e. The van der Waals surface area contributed by atoms with E-state index in [4.69, 9.17) is 9.84 Å². The minimum atomic E-state index is -0.932. The Morgan fingerprint density at radius 3 is 2.26 bits per heavy atom. The molecule has 2 bridgehead atoms. The van der Waals surface area contributed by atoms with Gasteiger partial charge >= 0.3 is 12.1 Å². The molecule has 2 saturated carbocycles. The van der Waals surface area contributed by atoms with Gasteiger partial charge in [0.15, 0.2) is 0 Å². The standard InChI is InChI=1S/C28H32N2O5/c1-2-18(14-24(31)32)29-27(33)25-16-11-12-17(13-16)26(25)30-28(34)35-15-23-21-9-5-3-7-19(21)20-8-4-6-10-22(20)23/h3-10,16-18,23,25-26H,2,11-15H2,1H3,(H,29,33)(H,30,34)(H,31,32)/t16?,17?,18-,25?,26?/m0/s1. The van der Waals surface area contributed by atoms with E-state index in [9.17, 15) is 14.4 Å². The van der Waals surface area contributed by atoms with Crippen LogP contribution in [-0.4, -0.2) is 41.8 Å². The Morgan fingerprint density at radius 2 is 1.63 bits per heavy atom. The highest BCUT2D eigenvalue weighted by Gasteiger charge is 2.51. The normalized spacial score (nSPS) is 24.9. The molecule has 2 fully saturated rings. The summed E-state index contributed by atoms with van der Waals surface area (Å²) in [5, 5.41) is 15.0. The van der Waals surface area contributed by atoms with Gasteiger partial charge in [0, 0.05) is 18.0 Å². The fourth-order valence-corrected chi connectivity index (χ4v) is 6.46. The molecule has 7 nitrogen and oxygen atoms in total. The van der Waals surface area contributed by atoms with Gasteiger partial charge in [-0.05, 0) is 59.8 Å². The lowest BCUT2D eigenvalue weighted by Gasteiger charge is -2.31. The molecular weight excluding hydrogens is 444 g/mol. The molecule has 3 aliphatic carbocycles. The second-order valence-electron chi connectivity index (χ2n) is 10.1. The molecule has 0 spiro atoms. The summed E-state index contributed by atoms with van der Waals surface area (Å²) in [5.74, 6) is -1.00. The molecule has 0 heterocycles. The van der Waals surface area contributed by atoms with Crippen LogP contribution in [0.25, 0.3) is 11.1 Å². The lowest BCUT2D eigenvalue weighted by Crippen LogP contribution is -2.51. The molecule has 0 aliphatic heterocycles. The van der Waals surface area contributed by atoms with Crippen molar-refractivity contribution in [3.63, 3.8) is 0 Å². The van der Waals surface area contributed by atoms with Crippen LogP contribution >= 0.6 is 0 Å². The van der Waals surface area contributed by atoms with Crippen LogP contribution in [-0.2, 0) is 14.3 Å². The number of carboxylic acid groups (broad SMARTS) is 1. The monoisotopic (exact) mass is 476 g/mol. The number of alkyl carbamates (subject to hydrolysis) is 1. The zero-order valence-corrected chi connectivity index (χ0v) is 19.9. The third kappa shape index (κ3) is 4.51. The SMILES string of the molecule is CC[C@@H](CC(=O)O)NC(=O)C1C2CCC(C2)C1NC(=O)OCC1c2ccccc2-c2ccccc21. The van der Waals surface area contributed by atoms with Crippen molar-refractivity contribution >= 4 is 18.0 Å². The van der Waals surface area contributed by atoms with Crippen molar-refractivity contribution in [2.45, 2.75) is 57.0 Å². The van der Waals surface area contributed by atoms with Crippen LogP contribution in [0.2, 0.25) is 0 Å².